The lowest BCUT2D eigenvalue weighted by Gasteiger charge is -2.35. The molecule has 2 atom stereocenters. The zero-order chi connectivity index (χ0) is 19.3. The van der Waals surface area contributed by atoms with E-state index in [0.29, 0.717) is 17.8 Å². The van der Waals surface area contributed by atoms with Crippen molar-refractivity contribution in [1.82, 2.24) is 9.78 Å². The number of para-hydroxylation sites is 1. The number of fused-ring (bicyclic) bond motifs is 2. The summed E-state index contributed by atoms with van der Waals surface area (Å²) in [5.41, 5.74) is 3.09. The maximum atomic E-state index is 13.4. The van der Waals surface area contributed by atoms with Crippen LogP contribution in [0, 0.1) is 5.92 Å². The number of allylic oxidation sites excluding steroid dienone is 2. The summed E-state index contributed by atoms with van der Waals surface area (Å²) in [5.74, 6) is 0.160. The minimum absolute atomic E-state index is 0.129. The Balaban J connectivity index is 1.76. The molecule has 2 aromatic carbocycles. The Morgan fingerprint density at radius 3 is 2.61 bits per heavy atom. The van der Waals surface area contributed by atoms with Crippen LogP contribution < -0.4 is 10.9 Å². The number of benzene rings is 2. The highest BCUT2D eigenvalue weighted by Crippen LogP contribution is 2.45. The van der Waals surface area contributed by atoms with Crippen molar-refractivity contribution >= 4 is 27.5 Å². The lowest BCUT2D eigenvalue weighted by atomic mass is 9.72. The highest BCUT2D eigenvalue weighted by Gasteiger charge is 2.43. The molecular formula is C22H18BrN3O2. The van der Waals surface area contributed by atoms with Crippen molar-refractivity contribution in [1.29, 1.82) is 0 Å². The fraction of sp³-hybridized carbons (Fsp3) is 0.182. The molecule has 140 valence electrons. The lowest BCUT2D eigenvalue weighted by molar-refractivity contribution is -0.122. The zero-order valence-corrected chi connectivity index (χ0v) is 16.6. The first kappa shape index (κ1) is 17.3. The molecule has 1 aromatic heterocycles. The quantitative estimate of drug-likeness (QED) is 0.628. The van der Waals surface area contributed by atoms with Crippen molar-refractivity contribution in [3.8, 4) is 5.69 Å². The van der Waals surface area contributed by atoms with Gasteiger partial charge in [0.15, 0.2) is 0 Å². The van der Waals surface area contributed by atoms with E-state index in [1.807, 2.05) is 54.6 Å². The molecule has 2 aliphatic rings. The number of hydrogen-bond donors (Lipinski definition) is 2. The number of hydrogen-bond acceptors (Lipinski definition) is 3. The summed E-state index contributed by atoms with van der Waals surface area (Å²) < 4.78 is 2.48. The number of anilines is 1. The minimum Gasteiger partial charge on any atom is -0.343 e. The standard InChI is InChI=1S/C22H18BrN3O2/c23-14-7-4-6-13(12-14)18-19-16(10-5-11-17(19)27)24-21-20(18)22(28)26(25-21)15-8-2-1-3-9-15/h1-4,6-10,12,18-19,24-25H,5,11H2/t18-,19+/m1/s1. The summed E-state index contributed by atoms with van der Waals surface area (Å²) >= 11 is 3.53. The van der Waals surface area contributed by atoms with Crippen molar-refractivity contribution in [2.75, 3.05) is 5.32 Å². The van der Waals surface area contributed by atoms with Gasteiger partial charge in [0.1, 0.15) is 11.6 Å². The predicted octanol–water partition coefficient (Wildman–Crippen LogP) is 4.35. The van der Waals surface area contributed by atoms with E-state index >= 15 is 0 Å². The van der Waals surface area contributed by atoms with Gasteiger partial charge in [-0.1, -0.05) is 52.3 Å². The molecule has 0 amide bonds. The maximum Gasteiger partial charge on any atom is 0.277 e. The number of carbonyl (C=O) groups excluding carboxylic acids is 1. The van der Waals surface area contributed by atoms with Crippen LogP contribution in [0.2, 0.25) is 0 Å². The fourth-order valence-corrected chi connectivity index (χ4v) is 4.70. The molecule has 0 unspecified atom stereocenters. The second-order valence-electron chi connectivity index (χ2n) is 7.18. The summed E-state index contributed by atoms with van der Waals surface area (Å²) in [6.07, 6.45) is 3.31. The van der Waals surface area contributed by atoms with E-state index in [9.17, 15) is 9.59 Å². The molecule has 5 rings (SSSR count). The highest BCUT2D eigenvalue weighted by atomic mass is 79.9. The smallest absolute Gasteiger partial charge is 0.277 e. The average molecular weight is 436 g/mol. The van der Waals surface area contributed by atoms with Crippen LogP contribution in [0.3, 0.4) is 0 Å². The molecule has 2 heterocycles. The molecule has 0 fully saturated rings. The molecule has 1 aliphatic heterocycles. The van der Waals surface area contributed by atoms with Crippen LogP contribution >= 0.6 is 15.9 Å². The maximum absolute atomic E-state index is 13.4. The van der Waals surface area contributed by atoms with Gasteiger partial charge >= 0.3 is 0 Å². The number of carbonyl (C=O) groups is 1. The van der Waals surface area contributed by atoms with Crippen LogP contribution in [0.5, 0.6) is 0 Å². The summed E-state index contributed by atoms with van der Waals surface area (Å²) in [6.45, 7) is 0. The van der Waals surface area contributed by atoms with E-state index in [-0.39, 0.29) is 23.2 Å². The Morgan fingerprint density at radius 1 is 1.00 bits per heavy atom. The molecule has 6 heteroatoms. The van der Waals surface area contributed by atoms with Gasteiger partial charge in [-0.2, -0.15) is 0 Å². The molecule has 0 radical (unpaired) electrons. The van der Waals surface area contributed by atoms with Crippen LogP contribution in [-0.2, 0) is 4.79 Å². The van der Waals surface area contributed by atoms with E-state index in [1.165, 1.54) is 0 Å². The van der Waals surface area contributed by atoms with Gasteiger partial charge in [0.25, 0.3) is 5.56 Å². The van der Waals surface area contributed by atoms with Gasteiger partial charge in [-0.15, -0.1) is 0 Å². The number of halogens is 1. The van der Waals surface area contributed by atoms with Crippen LogP contribution in [-0.4, -0.2) is 15.6 Å². The van der Waals surface area contributed by atoms with Crippen LogP contribution in [0.25, 0.3) is 5.69 Å². The SMILES string of the molecule is O=C1CCC=C2Nc3[nH]n(-c4ccccc4)c(=O)c3[C@H](c3cccc(Br)c3)[C@H]12. The average Bonchev–Trinajstić information content (AvgIpc) is 3.03. The Morgan fingerprint density at radius 2 is 1.82 bits per heavy atom. The molecule has 3 aromatic rings. The number of nitrogens with one attached hydrogen (secondary N) is 2. The zero-order valence-electron chi connectivity index (χ0n) is 15.0. The van der Waals surface area contributed by atoms with Gasteiger partial charge in [-0.05, 0) is 36.2 Å². The van der Waals surface area contributed by atoms with Gasteiger partial charge < -0.3 is 5.32 Å². The van der Waals surface area contributed by atoms with Crippen molar-refractivity contribution in [2.24, 2.45) is 5.92 Å². The second kappa shape index (κ2) is 6.63. The van der Waals surface area contributed by atoms with E-state index in [0.717, 1.165) is 27.8 Å². The third-order valence-corrected chi connectivity index (χ3v) is 5.99. The van der Waals surface area contributed by atoms with Crippen LogP contribution in [0.15, 0.2) is 75.6 Å². The van der Waals surface area contributed by atoms with Gasteiger partial charge in [0.05, 0.1) is 17.2 Å². The first-order chi connectivity index (χ1) is 13.6. The largest absolute Gasteiger partial charge is 0.343 e. The number of aromatic nitrogens is 2. The first-order valence-corrected chi connectivity index (χ1v) is 10.1. The van der Waals surface area contributed by atoms with Gasteiger partial charge in [0.2, 0.25) is 0 Å². The molecule has 28 heavy (non-hydrogen) atoms. The third-order valence-electron chi connectivity index (χ3n) is 5.50. The number of Topliss-reactive ketones (excluding diaryl/α,β-unsaturated/α-hetero) is 1. The van der Waals surface area contributed by atoms with Gasteiger partial charge in [0, 0.05) is 22.5 Å². The predicted molar refractivity (Wildman–Crippen MR) is 112 cm³/mol. The van der Waals surface area contributed by atoms with Crippen molar-refractivity contribution in [2.45, 2.75) is 18.8 Å². The van der Waals surface area contributed by atoms with Gasteiger partial charge in [-0.3, -0.25) is 14.7 Å². The Hall–Kier alpha value is -2.86. The normalized spacial score (nSPS) is 20.8. The highest BCUT2D eigenvalue weighted by molar-refractivity contribution is 9.10. The first-order valence-electron chi connectivity index (χ1n) is 9.29. The molecule has 1 aliphatic carbocycles. The fourth-order valence-electron chi connectivity index (χ4n) is 4.28. The third kappa shape index (κ3) is 2.67. The lowest BCUT2D eigenvalue weighted by Crippen LogP contribution is -2.36. The number of rotatable bonds is 2. The summed E-state index contributed by atoms with van der Waals surface area (Å²) in [6, 6.07) is 17.4. The van der Waals surface area contributed by atoms with E-state index in [4.69, 9.17) is 0 Å². The van der Waals surface area contributed by atoms with E-state index < -0.39 is 0 Å². The Bertz CT molecular complexity index is 1160. The minimum atomic E-state index is -0.358. The summed E-state index contributed by atoms with van der Waals surface area (Å²) in [5, 5.41) is 6.54. The number of aromatic amines is 1. The Kier molecular flexibility index (Phi) is 4.09. The summed E-state index contributed by atoms with van der Waals surface area (Å²) in [7, 11) is 0. The molecule has 0 saturated carbocycles. The molecule has 0 bridgehead atoms. The van der Waals surface area contributed by atoms with Crippen molar-refractivity contribution < 1.29 is 4.79 Å². The van der Waals surface area contributed by atoms with Crippen LogP contribution in [0.1, 0.15) is 29.9 Å². The molecule has 5 nitrogen and oxygen atoms in total. The molecule has 2 N–H and O–H groups in total. The van der Waals surface area contributed by atoms with E-state index in [1.54, 1.807) is 4.68 Å². The monoisotopic (exact) mass is 435 g/mol. The van der Waals surface area contributed by atoms with Crippen molar-refractivity contribution in [3.63, 3.8) is 0 Å². The molecule has 0 spiro atoms. The van der Waals surface area contributed by atoms with Gasteiger partial charge in [-0.25, -0.2) is 4.68 Å². The van der Waals surface area contributed by atoms with Crippen LogP contribution in [0.4, 0.5) is 5.82 Å². The second-order valence-corrected chi connectivity index (χ2v) is 8.09. The number of H-pyrrole nitrogens is 1. The molecule has 0 saturated heterocycles. The number of nitrogens with zero attached hydrogens (tertiary/aromatic N) is 1. The Labute approximate surface area is 170 Å². The van der Waals surface area contributed by atoms with Crippen molar-refractivity contribution in [3.05, 3.63) is 92.3 Å². The molecular weight excluding hydrogens is 418 g/mol. The topological polar surface area (TPSA) is 66.9 Å². The number of ketones is 1. The summed E-state index contributed by atoms with van der Waals surface area (Å²) in [4.78, 5) is 26.3. The van der Waals surface area contributed by atoms with E-state index in [2.05, 4.69) is 32.4 Å².